The van der Waals surface area contributed by atoms with Crippen molar-refractivity contribution >= 4 is 18.5 Å². The fourth-order valence-electron chi connectivity index (χ4n) is 1.84. The van der Waals surface area contributed by atoms with E-state index in [9.17, 15) is 4.79 Å². The average molecular weight is 281 g/mol. The zero-order valence-electron chi connectivity index (χ0n) is 12.2. The molecule has 0 spiro atoms. The van der Waals surface area contributed by atoms with Gasteiger partial charge in [0.2, 0.25) is 5.91 Å². The summed E-state index contributed by atoms with van der Waals surface area (Å²) in [5.41, 5.74) is 2.75. The fourth-order valence-corrected chi connectivity index (χ4v) is 1.95. The molecule has 0 radical (unpaired) electrons. The van der Waals surface area contributed by atoms with E-state index in [-0.39, 0.29) is 5.91 Å². The van der Waals surface area contributed by atoms with Crippen molar-refractivity contribution in [2.45, 2.75) is 46.5 Å². The Kier molecular flexibility index (Phi) is 6.28. The molecule has 0 aliphatic rings. The van der Waals surface area contributed by atoms with Crippen LogP contribution >= 0.6 is 12.6 Å². The molecule has 1 heterocycles. The maximum atomic E-state index is 11.8. The highest BCUT2D eigenvalue weighted by Crippen LogP contribution is 2.18. The molecule has 1 amide bonds. The van der Waals surface area contributed by atoms with Crippen molar-refractivity contribution in [1.29, 1.82) is 0 Å². The molecule has 0 saturated carbocycles. The molecule has 1 N–H and O–H groups in total. The van der Waals surface area contributed by atoms with E-state index in [0.29, 0.717) is 24.6 Å². The van der Waals surface area contributed by atoms with Gasteiger partial charge in [0, 0.05) is 35.2 Å². The molecule has 0 aliphatic heterocycles. The Labute approximate surface area is 120 Å². The van der Waals surface area contributed by atoms with Crippen molar-refractivity contribution in [1.82, 2.24) is 15.3 Å². The quantitative estimate of drug-likeness (QED) is 0.786. The summed E-state index contributed by atoms with van der Waals surface area (Å²) >= 11 is 4.07. The molecular formula is C14H23N3OS. The van der Waals surface area contributed by atoms with Crippen LogP contribution in [0.15, 0.2) is 0 Å². The molecule has 106 valence electrons. The van der Waals surface area contributed by atoms with E-state index in [1.54, 1.807) is 0 Å². The summed E-state index contributed by atoms with van der Waals surface area (Å²) in [5, 5.41) is 2.81. The van der Waals surface area contributed by atoms with E-state index in [4.69, 9.17) is 0 Å². The molecule has 1 rings (SSSR count). The van der Waals surface area contributed by atoms with Gasteiger partial charge >= 0.3 is 0 Å². The second kappa shape index (κ2) is 7.48. The standard InChI is InChI=1S/C14H23N3OS/c1-5-9(2)14-16-10(3)12(11(4)17-14)8-13(18)15-6-7-19/h9,19H,5-8H2,1-4H3,(H,15,18). The van der Waals surface area contributed by atoms with Crippen LogP contribution in [-0.2, 0) is 11.2 Å². The average Bonchev–Trinajstić information content (AvgIpc) is 2.39. The van der Waals surface area contributed by atoms with Crippen LogP contribution in [0.5, 0.6) is 0 Å². The number of nitrogens with zero attached hydrogens (tertiary/aromatic N) is 2. The molecule has 0 aliphatic carbocycles. The first-order valence-corrected chi connectivity index (χ1v) is 7.34. The summed E-state index contributed by atoms with van der Waals surface area (Å²) in [6, 6.07) is 0. The van der Waals surface area contributed by atoms with Crippen LogP contribution in [0.25, 0.3) is 0 Å². The van der Waals surface area contributed by atoms with Crippen LogP contribution in [0.2, 0.25) is 0 Å². The van der Waals surface area contributed by atoms with Gasteiger partial charge in [0.05, 0.1) is 6.42 Å². The van der Waals surface area contributed by atoms with Gasteiger partial charge in [-0.05, 0) is 20.3 Å². The number of rotatable bonds is 6. The number of aromatic nitrogens is 2. The Bertz CT molecular complexity index is 425. The number of nitrogens with one attached hydrogen (secondary N) is 1. The summed E-state index contributed by atoms with van der Waals surface area (Å²) in [5.74, 6) is 1.87. The number of thiol groups is 1. The Morgan fingerprint density at radius 1 is 1.32 bits per heavy atom. The third-order valence-electron chi connectivity index (χ3n) is 3.26. The number of hydrogen-bond donors (Lipinski definition) is 2. The first-order valence-electron chi connectivity index (χ1n) is 6.71. The van der Waals surface area contributed by atoms with Gasteiger partial charge in [-0.3, -0.25) is 4.79 Å². The molecule has 1 aromatic rings. The van der Waals surface area contributed by atoms with Crippen LogP contribution in [0.4, 0.5) is 0 Å². The van der Waals surface area contributed by atoms with Gasteiger partial charge in [-0.1, -0.05) is 13.8 Å². The molecule has 19 heavy (non-hydrogen) atoms. The third kappa shape index (κ3) is 4.49. The zero-order valence-corrected chi connectivity index (χ0v) is 13.1. The molecule has 1 aromatic heterocycles. The van der Waals surface area contributed by atoms with Gasteiger partial charge in [-0.2, -0.15) is 12.6 Å². The number of carbonyl (C=O) groups is 1. The Morgan fingerprint density at radius 2 is 1.89 bits per heavy atom. The molecule has 0 fully saturated rings. The van der Waals surface area contributed by atoms with Gasteiger partial charge in [-0.25, -0.2) is 9.97 Å². The number of aryl methyl sites for hydroxylation is 2. The van der Waals surface area contributed by atoms with Crippen molar-refractivity contribution in [2.75, 3.05) is 12.3 Å². The van der Waals surface area contributed by atoms with Crippen molar-refractivity contribution < 1.29 is 4.79 Å². The Morgan fingerprint density at radius 3 is 2.37 bits per heavy atom. The van der Waals surface area contributed by atoms with Gasteiger partial charge in [0.25, 0.3) is 0 Å². The lowest BCUT2D eigenvalue weighted by atomic mass is 10.1. The lowest BCUT2D eigenvalue weighted by molar-refractivity contribution is -0.120. The molecular weight excluding hydrogens is 258 g/mol. The second-order valence-electron chi connectivity index (χ2n) is 4.79. The molecule has 1 atom stereocenters. The predicted molar refractivity (Wildman–Crippen MR) is 80.8 cm³/mol. The lowest BCUT2D eigenvalue weighted by Gasteiger charge is -2.13. The highest BCUT2D eigenvalue weighted by atomic mass is 32.1. The van der Waals surface area contributed by atoms with Crippen LogP contribution in [0.1, 0.15) is 49.0 Å². The highest BCUT2D eigenvalue weighted by molar-refractivity contribution is 7.80. The van der Waals surface area contributed by atoms with Gasteiger partial charge < -0.3 is 5.32 Å². The normalized spacial score (nSPS) is 12.3. The van der Waals surface area contributed by atoms with Crippen LogP contribution < -0.4 is 5.32 Å². The summed E-state index contributed by atoms with van der Waals surface area (Å²) in [4.78, 5) is 20.8. The van der Waals surface area contributed by atoms with Gasteiger partial charge in [0.1, 0.15) is 5.82 Å². The first kappa shape index (κ1) is 16.0. The third-order valence-corrected chi connectivity index (χ3v) is 3.49. The predicted octanol–water partition coefficient (Wildman–Crippen LogP) is 2.20. The van der Waals surface area contributed by atoms with Gasteiger partial charge in [-0.15, -0.1) is 0 Å². The maximum Gasteiger partial charge on any atom is 0.224 e. The van der Waals surface area contributed by atoms with E-state index >= 15 is 0 Å². The number of hydrogen-bond acceptors (Lipinski definition) is 4. The van der Waals surface area contributed by atoms with Crippen molar-refractivity contribution in [3.05, 3.63) is 22.8 Å². The van der Waals surface area contributed by atoms with E-state index in [2.05, 4.69) is 41.8 Å². The van der Waals surface area contributed by atoms with Crippen LogP contribution in [0.3, 0.4) is 0 Å². The summed E-state index contributed by atoms with van der Waals surface area (Å²) in [6.45, 7) is 8.72. The minimum absolute atomic E-state index is 0.000130. The lowest BCUT2D eigenvalue weighted by Crippen LogP contribution is -2.27. The van der Waals surface area contributed by atoms with E-state index in [0.717, 1.165) is 29.2 Å². The zero-order chi connectivity index (χ0) is 14.4. The number of carbonyl (C=O) groups excluding carboxylic acids is 1. The van der Waals surface area contributed by atoms with Crippen LogP contribution in [-0.4, -0.2) is 28.2 Å². The number of amides is 1. The molecule has 4 nitrogen and oxygen atoms in total. The summed E-state index contributed by atoms with van der Waals surface area (Å²) in [7, 11) is 0. The maximum absolute atomic E-state index is 11.8. The van der Waals surface area contributed by atoms with E-state index in [1.165, 1.54) is 0 Å². The van der Waals surface area contributed by atoms with E-state index in [1.807, 2.05) is 13.8 Å². The fraction of sp³-hybridized carbons (Fsp3) is 0.643. The molecule has 0 aromatic carbocycles. The van der Waals surface area contributed by atoms with Crippen molar-refractivity contribution in [3.63, 3.8) is 0 Å². The monoisotopic (exact) mass is 281 g/mol. The van der Waals surface area contributed by atoms with Crippen molar-refractivity contribution in [2.24, 2.45) is 0 Å². The van der Waals surface area contributed by atoms with Crippen molar-refractivity contribution in [3.8, 4) is 0 Å². The largest absolute Gasteiger partial charge is 0.355 e. The minimum Gasteiger partial charge on any atom is -0.355 e. The molecule has 5 heteroatoms. The summed E-state index contributed by atoms with van der Waals surface area (Å²) < 4.78 is 0. The minimum atomic E-state index is 0.000130. The highest BCUT2D eigenvalue weighted by Gasteiger charge is 2.14. The topological polar surface area (TPSA) is 54.9 Å². The Hall–Kier alpha value is -1.10. The molecule has 0 bridgehead atoms. The Balaban J connectivity index is 2.88. The first-order chi connectivity index (χ1) is 8.99. The second-order valence-corrected chi connectivity index (χ2v) is 5.24. The molecule has 0 saturated heterocycles. The summed E-state index contributed by atoms with van der Waals surface area (Å²) in [6.07, 6.45) is 1.35. The van der Waals surface area contributed by atoms with Crippen LogP contribution in [0, 0.1) is 13.8 Å². The smallest absolute Gasteiger partial charge is 0.224 e. The SMILES string of the molecule is CCC(C)c1nc(C)c(CC(=O)NCCS)c(C)n1. The van der Waals surface area contributed by atoms with Gasteiger partial charge in [0.15, 0.2) is 0 Å². The van der Waals surface area contributed by atoms with E-state index < -0.39 is 0 Å². The molecule has 1 unspecified atom stereocenters.